The van der Waals surface area contributed by atoms with E-state index < -0.39 is 36.6 Å². The number of carboxylic acids is 1. The Morgan fingerprint density at radius 1 is 1.36 bits per heavy atom. The Labute approximate surface area is 147 Å². The second-order valence-electron chi connectivity index (χ2n) is 5.55. The Morgan fingerprint density at radius 3 is 2.76 bits per heavy atom. The topological polar surface area (TPSA) is 203 Å². The van der Waals surface area contributed by atoms with Crippen molar-refractivity contribution in [2.24, 2.45) is 5.73 Å². The van der Waals surface area contributed by atoms with Gasteiger partial charge in [0, 0.05) is 5.75 Å². The number of hydrogen-bond donors (Lipinski definition) is 7. The Balaban J connectivity index is 1.85. The molecule has 0 bridgehead atoms. The number of rotatable bonds is 8. The van der Waals surface area contributed by atoms with Crippen LogP contribution in [0.4, 0.5) is 17.3 Å². The lowest BCUT2D eigenvalue weighted by Gasteiger charge is -2.18. The molecule has 1 fully saturated rings. The van der Waals surface area contributed by atoms with Crippen LogP contribution in [0.2, 0.25) is 0 Å². The van der Waals surface area contributed by atoms with E-state index in [1.807, 2.05) is 0 Å². The van der Waals surface area contributed by atoms with E-state index in [9.17, 15) is 15.0 Å². The molecule has 0 spiro atoms. The van der Waals surface area contributed by atoms with Crippen molar-refractivity contribution < 1.29 is 24.9 Å². The summed E-state index contributed by atoms with van der Waals surface area (Å²) >= 11 is 1.38. The Bertz CT molecular complexity index is 608. The first-order valence-corrected chi connectivity index (χ1v) is 8.67. The maximum atomic E-state index is 10.6. The van der Waals surface area contributed by atoms with Gasteiger partial charge in [0.15, 0.2) is 17.9 Å². The van der Waals surface area contributed by atoms with Gasteiger partial charge in [-0.1, -0.05) is 0 Å². The minimum atomic E-state index is -1.19. The van der Waals surface area contributed by atoms with Crippen molar-refractivity contribution in [2.75, 3.05) is 28.3 Å². The molecule has 1 aromatic heterocycles. The molecule has 1 aliphatic rings. The number of aliphatic hydroxyl groups is 2. The molecule has 0 aromatic carbocycles. The summed E-state index contributed by atoms with van der Waals surface area (Å²) < 4.78 is 5.60. The van der Waals surface area contributed by atoms with Gasteiger partial charge in [0.05, 0.1) is 6.10 Å². The number of anilines is 3. The molecule has 2 heterocycles. The molecule has 12 heteroatoms. The standard InChI is InChI=1S/C13H22N6O5S/c14-5(13(22)23)1-2-25-3-6-8(20)9(21)12(24-6)19-11-7(15)10(16)17-4-18-11/h4-6,8-9,12,20-21H,1-3,14-15H2,(H,22,23)(H3,16,17,18,19). The van der Waals surface area contributed by atoms with Crippen molar-refractivity contribution in [3.05, 3.63) is 6.33 Å². The fraction of sp³-hybridized carbons (Fsp3) is 0.615. The number of aliphatic hydroxyl groups excluding tert-OH is 2. The van der Waals surface area contributed by atoms with Gasteiger partial charge in [-0.05, 0) is 12.2 Å². The molecule has 1 aliphatic heterocycles. The van der Waals surface area contributed by atoms with E-state index in [1.165, 1.54) is 18.1 Å². The fourth-order valence-electron chi connectivity index (χ4n) is 2.20. The highest BCUT2D eigenvalue weighted by Crippen LogP contribution is 2.28. The summed E-state index contributed by atoms with van der Waals surface area (Å²) in [7, 11) is 0. The van der Waals surface area contributed by atoms with E-state index in [-0.39, 0.29) is 17.3 Å². The molecule has 0 radical (unpaired) electrons. The third-order valence-electron chi connectivity index (χ3n) is 3.73. The van der Waals surface area contributed by atoms with E-state index in [0.29, 0.717) is 17.9 Å². The summed E-state index contributed by atoms with van der Waals surface area (Å²) in [6.07, 6.45) is -2.35. The van der Waals surface area contributed by atoms with Gasteiger partial charge in [-0.25, -0.2) is 9.97 Å². The summed E-state index contributed by atoms with van der Waals surface area (Å²) in [5.41, 5.74) is 16.9. The highest BCUT2D eigenvalue weighted by Gasteiger charge is 2.42. The van der Waals surface area contributed by atoms with Gasteiger partial charge in [-0.2, -0.15) is 11.8 Å². The average Bonchev–Trinajstić information content (AvgIpc) is 2.83. The minimum Gasteiger partial charge on any atom is -0.480 e. The number of thioether (sulfide) groups is 1. The van der Waals surface area contributed by atoms with Gasteiger partial charge < -0.3 is 42.6 Å². The number of nitrogen functional groups attached to an aromatic ring is 2. The highest BCUT2D eigenvalue weighted by molar-refractivity contribution is 7.99. The number of carbonyl (C=O) groups is 1. The van der Waals surface area contributed by atoms with Crippen LogP contribution in [0, 0.1) is 0 Å². The van der Waals surface area contributed by atoms with Crippen molar-refractivity contribution >= 4 is 35.1 Å². The molecule has 5 unspecified atom stereocenters. The lowest BCUT2D eigenvalue weighted by molar-refractivity contribution is -0.138. The largest absolute Gasteiger partial charge is 0.480 e. The summed E-state index contributed by atoms with van der Waals surface area (Å²) in [6, 6.07) is -0.923. The van der Waals surface area contributed by atoms with Crippen LogP contribution in [0.25, 0.3) is 0 Å². The quantitative estimate of drug-likeness (QED) is 0.248. The van der Waals surface area contributed by atoms with Crippen LogP contribution in [-0.4, -0.2) is 73.3 Å². The van der Waals surface area contributed by atoms with Crippen LogP contribution >= 0.6 is 11.8 Å². The maximum Gasteiger partial charge on any atom is 0.320 e. The first-order valence-electron chi connectivity index (χ1n) is 7.51. The normalized spacial score (nSPS) is 27.2. The van der Waals surface area contributed by atoms with Gasteiger partial charge in [0.2, 0.25) is 0 Å². The Hall–Kier alpha value is -1.86. The number of carboxylic acid groups (broad SMARTS) is 1. The van der Waals surface area contributed by atoms with Crippen LogP contribution in [0.1, 0.15) is 6.42 Å². The van der Waals surface area contributed by atoms with Gasteiger partial charge >= 0.3 is 5.97 Å². The van der Waals surface area contributed by atoms with Crippen LogP contribution < -0.4 is 22.5 Å². The van der Waals surface area contributed by atoms with Gasteiger partial charge in [-0.15, -0.1) is 0 Å². The SMILES string of the molecule is Nc1ncnc(NC2OC(CSCCC(N)C(=O)O)C(O)C2O)c1N. The zero-order valence-corrected chi connectivity index (χ0v) is 14.1. The Morgan fingerprint density at radius 2 is 2.08 bits per heavy atom. The summed E-state index contributed by atoms with van der Waals surface area (Å²) in [5.74, 6) is 0.0874. The van der Waals surface area contributed by atoms with Crippen LogP contribution in [0.5, 0.6) is 0 Å². The van der Waals surface area contributed by atoms with Crippen molar-refractivity contribution in [1.29, 1.82) is 0 Å². The Kier molecular flexibility index (Phi) is 6.61. The van der Waals surface area contributed by atoms with Crippen LogP contribution in [-0.2, 0) is 9.53 Å². The molecule has 0 saturated carbocycles. The second kappa shape index (κ2) is 8.49. The molecule has 2 rings (SSSR count). The van der Waals surface area contributed by atoms with Gasteiger partial charge in [0.1, 0.15) is 30.3 Å². The highest BCUT2D eigenvalue weighted by atomic mass is 32.2. The number of aromatic nitrogens is 2. The van der Waals surface area contributed by atoms with Crippen molar-refractivity contribution in [3.8, 4) is 0 Å². The first kappa shape index (κ1) is 19.5. The van der Waals surface area contributed by atoms with Crippen molar-refractivity contribution in [3.63, 3.8) is 0 Å². The average molecular weight is 374 g/mol. The molecule has 11 nitrogen and oxygen atoms in total. The van der Waals surface area contributed by atoms with E-state index in [4.69, 9.17) is 27.0 Å². The third kappa shape index (κ3) is 4.83. The number of nitrogens with zero attached hydrogens (tertiary/aromatic N) is 2. The number of ether oxygens (including phenoxy) is 1. The number of nitrogens with one attached hydrogen (secondary N) is 1. The number of nitrogens with two attached hydrogens (primary N) is 3. The summed E-state index contributed by atoms with van der Waals surface area (Å²) in [6.45, 7) is 0. The fourth-order valence-corrected chi connectivity index (χ4v) is 3.29. The maximum absolute atomic E-state index is 10.6. The number of hydrogen-bond acceptors (Lipinski definition) is 11. The zero-order chi connectivity index (χ0) is 18.6. The second-order valence-corrected chi connectivity index (χ2v) is 6.70. The van der Waals surface area contributed by atoms with Gasteiger partial charge in [0.25, 0.3) is 0 Å². The molecule has 1 saturated heterocycles. The molecule has 0 amide bonds. The van der Waals surface area contributed by atoms with Crippen LogP contribution in [0.3, 0.4) is 0 Å². The molecule has 1 aromatic rings. The molecule has 0 aliphatic carbocycles. The summed E-state index contributed by atoms with van der Waals surface area (Å²) in [5, 5.41) is 31.7. The zero-order valence-electron chi connectivity index (χ0n) is 13.3. The summed E-state index contributed by atoms with van der Waals surface area (Å²) in [4.78, 5) is 18.3. The van der Waals surface area contributed by atoms with E-state index in [1.54, 1.807) is 0 Å². The molecule has 5 atom stereocenters. The van der Waals surface area contributed by atoms with E-state index in [2.05, 4.69) is 15.3 Å². The van der Waals surface area contributed by atoms with Gasteiger partial charge in [-0.3, -0.25) is 4.79 Å². The monoisotopic (exact) mass is 374 g/mol. The predicted molar refractivity (Wildman–Crippen MR) is 92.7 cm³/mol. The molecular formula is C13H22N6O5S. The molecular weight excluding hydrogens is 352 g/mol. The third-order valence-corrected chi connectivity index (χ3v) is 4.82. The smallest absolute Gasteiger partial charge is 0.320 e. The molecule has 140 valence electrons. The van der Waals surface area contributed by atoms with E-state index in [0.717, 1.165) is 0 Å². The first-order chi connectivity index (χ1) is 11.8. The minimum absolute atomic E-state index is 0.0902. The number of aliphatic carboxylic acids is 1. The molecule has 25 heavy (non-hydrogen) atoms. The van der Waals surface area contributed by atoms with Crippen LogP contribution in [0.15, 0.2) is 6.33 Å². The predicted octanol–water partition coefficient (Wildman–Crippen LogP) is -1.97. The molecule has 10 N–H and O–H groups in total. The van der Waals surface area contributed by atoms with Crippen molar-refractivity contribution in [2.45, 2.75) is 37.0 Å². The van der Waals surface area contributed by atoms with Crippen molar-refractivity contribution in [1.82, 2.24) is 9.97 Å². The van der Waals surface area contributed by atoms with E-state index >= 15 is 0 Å². The lowest BCUT2D eigenvalue weighted by atomic mass is 10.1. The lowest BCUT2D eigenvalue weighted by Crippen LogP contribution is -2.36.